The third-order valence-corrected chi connectivity index (χ3v) is 5.17. The largest absolute Gasteiger partial charge is 0.486 e. The smallest absolute Gasteiger partial charge is 0.262 e. The molecule has 2 unspecified atom stereocenters. The molecule has 2 aliphatic heterocycles. The molecule has 0 spiro atoms. The summed E-state index contributed by atoms with van der Waals surface area (Å²) in [5.74, 6) is 2.96. The summed E-state index contributed by atoms with van der Waals surface area (Å²) >= 11 is 0. The zero-order chi connectivity index (χ0) is 19.0. The Morgan fingerprint density at radius 1 is 1.00 bits per heavy atom. The van der Waals surface area contributed by atoms with E-state index in [9.17, 15) is 4.79 Å². The minimum Gasteiger partial charge on any atom is -0.486 e. The molecule has 0 fully saturated rings. The highest BCUT2D eigenvalue weighted by Crippen LogP contribution is 2.37. The van der Waals surface area contributed by atoms with Crippen molar-refractivity contribution >= 4 is 11.6 Å². The molecular weight excluding hydrogens is 342 g/mol. The van der Waals surface area contributed by atoms with Gasteiger partial charge in [-0.3, -0.25) is 4.79 Å². The van der Waals surface area contributed by atoms with Crippen molar-refractivity contribution in [1.29, 1.82) is 0 Å². The van der Waals surface area contributed by atoms with Crippen LogP contribution in [0.5, 0.6) is 17.2 Å². The van der Waals surface area contributed by atoms with Gasteiger partial charge < -0.3 is 19.5 Å². The van der Waals surface area contributed by atoms with Gasteiger partial charge in [-0.1, -0.05) is 32.9 Å². The molecule has 2 aromatic carbocycles. The molecule has 1 amide bonds. The van der Waals surface area contributed by atoms with E-state index in [0.29, 0.717) is 12.5 Å². The van der Waals surface area contributed by atoms with Crippen molar-refractivity contribution in [3.8, 4) is 17.2 Å². The van der Waals surface area contributed by atoms with E-state index in [1.54, 1.807) is 0 Å². The molecule has 0 aliphatic carbocycles. The number of rotatable bonds is 4. The van der Waals surface area contributed by atoms with E-state index in [2.05, 4.69) is 44.3 Å². The molecular formula is C22H25NO4. The number of nitrogens with one attached hydrogen (secondary N) is 1. The summed E-state index contributed by atoms with van der Waals surface area (Å²) < 4.78 is 17.6. The van der Waals surface area contributed by atoms with E-state index >= 15 is 0 Å². The van der Waals surface area contributed by atoms with E-state index < -0.39 is 0 Å². The van der Waals surface area contributed by atoms with Crippen LogP contribution in [0.2, 0.25) is 0 Å². The van der Waals surface area contributed by atoms with Gasteiger partial charge in [0.15, 0.2) is 18.1 Å². The maximum Gasteiger partial charge on any atom is 0.262 e. The third kappa shape index (κ3) is 3.72. The lowest BCUT2D eigenvalue weighted by molar-refractivity contribution is -0.118. The number of anilines is 1. The van der Waals surface area contributed by atoms with Gasteiger partial charge in [-0.15, -0.1) is 0 Å². The van der Waals surface area contributed by atoms with Crippen molar-refractivity contribution in [3.63, 3.8) is 0 Å². The van der Waals surface area contributed by atoms with Gasteiger partial charge in [0.05, 0.1) is 5.69 Å². The Labute approximate surface area is 159 Å². The van der Waals surface area contributed by atoms with Crippen molar-refractivity contribution in [2.45, 2.75) is 45.1 Å². The monoisotopic (exact) mass is 367 g/mol. The molecule has 142 valence electrons. The fourth-order valence-corrected chi connectivity index (χ4v) is 3.55. The van der Waals surface area contributed by atoms with Gasteiger partial charge in [0.1, 0.15) is 18.5 Å². The molecule has 1 N–H and O–H groups in total. The number of carbonyl (C=O) groups is 1. The summed E-state index contributed by atoms with van der Waals surface area (Å²) in [6.45, 7) is 7.12. The van der Waals surface area contributed by atoms with Gasteiger partial charge in [-0.2, -0.15) is 0 Å². The summed E-state index contributed by atoms with van der Waals surface area (Å²) in [6.07, 6.45) is 0.829. The second-order valence-electron chi connectivity index (χ2n) is 7.64. The summed E-state index contributed by atoms with van der Waals surface area (Å²) in [5.41, 5.74) is 3.13. The predicted molar refractivity (Wildman–Crippen MR) is 104 cm³/mol. The van der Waals surface area contributed by atoms with Crippen LogP contribution in [0.4, 0.5) is 5.69 Å². The second-order valence-corrected chi connectivity index (χ2v) is 7.64. The van der Waals surface area contributed by atoms with Gasteiger partial charge in [0.25, 0.3) is 5.91 Å². The van der Waals surface area contributed by atoms with Crippen LogP contribution in [0.25, 0.3) is 0 Å². The third-order valence-electron chi connectivity index (χ3n) is 5.17. The van der Waals surface area contributed by atoms with Gasteiger partial charge in [-0.25, -0.2) is 0 Å². The Morgan fingerprint density at radius 3 is 2.59 bits per heavy atom. The number of benzene rings is 2. The summed E-state index contributed by atoms with van der Waals surface area (Å²) in [4.78, 5) is 11.5. The Hall–Kier alpha value is -2.69. The molecule has 0 saturated heterocycles. The van der Waals surface area contributed by atoms with Crippen LogP contribution < -0.4 is 19.5 Å². The first-order valence-electron chi connectivity index (χ1n) is 9.49. The molecule has 2 atom stereocenters. The first-order chi connectivity index (χ1) is 13.0. The van der Waals surface area contributed by atoms with Crippen LogP contribution in [-0.4, -0.2) is 25.2 Å². The fourth-order valence-electron chi connectivity index (χ4n) is 3.55. The minimum absolute atomic E-state index is 0.00298. The molecule has 5 heteroatoms. The van der Waals surface area contributed by atoms with Gasteiger partial charge >= 0.3 is 0 Å². The zero-order valence-corrected chi connectivity index (χ0v) is 16.0. The number of fused-ring (bicyclic) bond motifs is 2. The highest BCUT2D eigenvalue weighted by atomic mass is 16.6. The van der Waals surface area contributed by atoms with Crippen LogP contribution in [-0.2, 0) is 4.79 Å². The van der Waals surface area contributed by atoms with Crippen molar-refractivity contribution < 1.29 is 19.0 Å². The quantitative estimate of drug-likeness (QED) is 0.866. The lowest BCUT2D eigenvalue weighted by atomic mass is 9.94. The fraction of sp³-hybridized carbons (Fsp3) is 0.409. The van der Waals surface area contributed by atoms with Crippen LogP contribution in [0.1, 0.15) is 50.2 Å². The van der Waals surface area contributed by atoms with Crippen LogP contribution in [0, 0.1) is 0 Å². The Kier molecular flexibility index (Phi) is 4.68. The number of hydrogen-bond acceptors (Lipinski definition) is 4. The number of amides is 1. The van der Waals surface area contributed by atoms with Crippen LogP contribution >= 0.6 is 0 Å². The second kappa shape index (κ2) is 7.14. The standard InChI is InChI=1S/C22H25NO4/c1-13(2)15-4-7-20-21(10-15)27-17(11-25-20)8-14(3)16-5-6-19-18(9-16)23-22(24)12-26-19/h4-7,9-10,13-14,17H,8,11-12H2,1-3H3,(H,23,24). The molecule has 0 radical (unpaired) electrons. The summed E-state index contributed by atoms with van der Waals surface area (Å²) in [6, 6.07) is 12.1. The molecule has 2 aliphatic rings. The first-order valence-corrected chi connectivity index (χ1v) is 9.49. The molecule has 0 saturated carbocycles. The molecule has 0 aromatic heterocycles. The van der Waals surface area contributed by atoms with E-state index in [1.165, 1.54) is 5.56 Å². The minimum atomic E-state index is -0.117. The first kappa shape index (κ1) is 17.7. The molecule has 5 nitrogen and oxygen atoms in total. The average molecular weight is 367 g/mol. The lowest BCUT2D eigenvalue weighted by Gasteiger charge is -2.29. The normalized spacial score (nSPS) is 19.1. The van der Waals surface area contributed by atoms with E-state index in [0.717, 1.165) is 34.9 Å². The highest BCUT2D eigenvalue weighted by Gasteiger charge is 2.25. The van der Waals surface area contributed by atoms with Crippen molar-refractivity contribution in [2.24, 2.45) is 0 Å². The van der Waals surface area contributed by atoms with E-state index in [4.69, 9.17) is 14.2 Å². The zero-order valence-electron chi connectivity index (χ0n) is 16.0. The number of carbonyl (C=O) groups excluding carboxylic acids is 1. The van der Waals surface area contributed by atoms with Crippen molar-refractivity contribution in [2.75, 3.05) is 18.5 Å². The number of ether oxygens (including phenoxy) is 3. The van der Waals surface area contributed by atoms with Crippen molar-refractivity contribution in [3.05, 3.63) is 47.5 Å². The van der Waals surface area contributed by atoms with Gasteiger partial charge in [-0.05, 0) is 53.6 Å². The summed E-state index contributed by atoms with van der Waals surface area (Å²) in [5, 5.41) is 2.87. The van der Waals surface area contributed by atoms with E-state index in [1.807, 2.05) is 18.2 Å². The number of hydrogen-bond donors (Lipinski definition) is 1. The Balaban J connectivity index is 1.46. The maximum absolute atomic E-state index is 11.5. The SMILES string of the molecule is CC(C)c1ccc2c(c1)OC(CC(C)c1ccc3c(c1)NC(=O)CO3)CO2. The Bertz CT molecular complexity index is 861. The predicted octanol–water partition coefficient (Wildman–Crippen LogP) is 4.47. The molecule has 2 heterocycles. The van der Waals surface area contributed by atoms with E-state index in [-0.39, 0.29) is 24.5 Å². The molecule has 2 aromatic rings. The van der Waals surface area contributed by atoms with Crippen LogP contribution in [0.3, 0.4) is 0 Å². The maximum atomic E-state index is 11.5. The topological polar surface area (TPSA) is 56.8 Å². The summed E-state index contributed by atoms with van der Waals surface area (Å²) in [7, 11) is 0. The molecule has 4 rings (SSSR count). The van der Waals surface area contributed by atoms with Gasteiger partial charge in [0, 0.05) is 0 Å². The molecule has 27 heavy (non-hydrogen) atoms. The van der Waals surface area contributed by atoms with Crippen molar-refractivity contribution in [1.82, 2.24) is 0 Å². The Morgan fingerprint density at radius 2 is 1.78 bits per heavy atom. The molecule has 0 bridgehead atoms. The lowest BCUT2D eigenvalue weighted by Crippen LogP contribution is -2.30. The van der Waals surface area contributed by atoms with Crippen LogP contribution in [0.15, 0.2) is 36.4 Å². The highest BCUT2D eigenvalue weighted by molar-refractivity contribution is 5.95. The average Bonchev–Trinajstić information content (AvgIpc) is 2.66. The van der Waals surface area contributed by atoms with Gasteiger partial charge in [0.2, 0.25) is 0 Å².